The smallest absolute Gasteiger partial charge is 0.107 e. The van der Waals surface area contributed by atoms with Crippen LogP contribution in [0.4, 0.5) is 0 Å². The van der Waals surface area contributed by atoms with Crippen molar-refractivity contribution in [3.63, 3.8) is 0 Å². The van der Waals surface area contributed by atoms with Crippen molar-refractivity contribution in [3.05, 3.63) is 0 Å². The zero-order chi connectivity index (χ0) is 7.40. The summed E-state index contributed by atoms with van der Waals surface area (Å²) in [5.41, 5.74) is 0. The minimum absolute atomic E-state index is 0.357. The molecular weight excluding hydrogens is 192 g/mol. The van der Waals surface area contributed by atoms with Crippen LogP contribution in [0.3, 0.4) is 0 Å². The van der Waals surface area contributed by atoms with Crippen LogP contribution in [0.5, 0.6) is 0 Å². The van der Waals surface area contributed by atoms with Crippen molar-refractivity contribution < 1.29 is 4.74 Å². The molecule has 2 heteroatoms. The third kappa shape index (κ3) is 2.00. The lowest BCUT2D eigenvalue weighted by Gasteiger charge is -2.12. The van der Waals surface area contributed by atoms with Gasteiger partial charge in [-0.05, 0) is 19.3 Å². The molecule has 56 valence electrons. The highest BCUT2D eigenvalue weighted by Gasteiger charge is 2.24. The summed E-state index contributed by atoms with van der Waals surface area (Å²) in [7, 11) is 0. The zero-order valence-electron chi connectivity index (χ0n) is 5.85. The Morgan fingerprint density at radius 1 is 1.60 bits per heavy atom. The molecule has 0 bridgehead atoms. The summed E-state index contributed by atoms with van der Waals surface area (Å²) in [5.74, 6) is 2.47. The standard InChI is InChI=1S/C8H11BrO/c1-2-6-10-8-5-3-4-7(8)9/h1,7-8H,3-6H2/t7-,8+/m1/s1. The van der Waals surface area contributed by atoms with E-state index in [2.05, 4.69) is 21.9 Å². The van der Waals surface area contributed by atoms with Crippen molar-refractivity contribution in [1.82, 2.24) is 0 Å². The van der Waals surface area contributed by atoms with Crippen molar-refractivity contribution in [2.75, 3.05) is 6.61 Å². The lowest BCUT2D eigenvalue weighted by Crippen LogP contribution is -2.17. The second-order valence-corrected chi connectivity index (χ2v) is 3.68. The largest absolute Gasteiger partial charge is 0.364 e. The van der Waals surface area contributed by atoms with Gasteiger partial charge >= 0.3 is 0 Å². The summed E-state index contributed by atoms with van der Waals surface area (Å²) in [6.45, 7) is 0.451. The summed E-state index contributed by atoms with van der Waals surface area (Å²) < 4.78 is 5.38. The molecule has 0 aromatic heterocycles. The molecule has 0 N–H and O–H groups in total. The van der Waals surface area contributed by atoms with Crippen LogP contribution in [-0.4, -0.2) is 17.5 Å². The highest BCUT2D eigenvalue weighted by Crippen LogP contribution is 2.27. The molecule has 0 aromatic carbocycles. The first-order valence-corrected chi connectivity index (χ1v) is 4.45. The van der Waals surface area contributed by atoms with Gasteiger partial charge < -0.3 is 4.74 Å². The molecule has 1 aliphatic carbocycles. The molecule has 2 atom stereocenters. The molecular formula is C8H11BrO. The maximum absolute atomic E-state index is 5.38. The number of rotatable bonds is 2. The quantitative estimate of drug-likeness (QED) is 0.492. The van der Waals surface area contributed by atoms with Gasteiger partial charge in [-0.2, -0.15) is 0 Å². The Labute approximate surface area is 70.3 Å². The molecule has 1 fully saturated rings. The lowest BCUT2D eigenvalue weighted by molar-refractivity contribution is 0.0886. The average Bonchev–Trinajstić information content (AvgIpc) is 2.31. The van der Waals surface area contributed by atoms with Crippen molar-refractivity contribution in [1.29, 1.82) is 0 Å². The fourth-order valence-electron chi connectivity index (χ4n) is 1.22. The molecule has 0 aliphatic heterocycles. The first-order valence-electron chi connectivity index (χ1n) is 3.53. The van der Waals surface area contributed by atoms with Gasteiger partial charge in [-0.1, -0.05) is 21.9 Å². The summed E-state index contributed by atoms with van der Waals surface area (Å²) in [6.07, 6.45) is 9.04. The number of terminal acetylenes is 1. The van der Waals surface area contributed by atoms with Crippen molar-refractivity contribution in [2.24, 2.45) is 0 Å². The molecule has 0 saturated heterocycles. The molecule has 0 aromatic rings. The summed E-state index contributed by atoms with van der Waals surface area (Å²) in [4.78, 5) is 0.529. The van der Waals surface area contributed by atoms with E-state index in [1.807, 2.05) is 0 Å². The lowest BCUT2D eigenvalue weighted by atomic mass is 10.3. The van der Waals surface area contributed by atoms with Gasteiger partial charge in [0.15, 0.2) is 0 Å². The van der Waals surface area contributed by atoms with Gasteiger partial charge in [0.25, 0.3) is 0 Å². The molecule has 1 nitrogen and oxygen atoms in total. The van der Waals surface area contributed by atoms with Gasteiger partial charge in [0.2, 0.25) is 0 Å². The summed E-state index contributed by atoms with van der Waals surface area (Å²) in [5, 5.41) is 0. The van der Waals surface area contributed by atoms with Crippen LogP contribution in [0.25, 0.3) is 0 Å². The Kier molecular flexibility index (Phi) is 3.24. The average molecular weight is 203 g/mol. The number of ether oxygens (including phenoxy) is 1. The van der Waals surface area contributed by atoms with E-state index in [0.29, 0.717) is 17.5 Å². The zero-order valence-corrected chi connectivity index (χ0v) is 7.43. The predicted octanol–water partition coefficient (Wildman–Crippen LogP) is 1.95. The monoisotopic (exact) mass is 202 g/mol. The summed E-state index contributed by atoms with van der Waals surface area (Å²) >= 11 is 3.54. The number of hydrogen-bond acceptors (Lipinski definition) is 1. The normalized spacial score (nSPS) is 32.0. The second-order valence-electron chi connectivity index (χ2n) is 2.50. The molecule has 0 heterocycles. The highest BCUT2D eigenvalue weighted by atomic mass is 79.9. The van der Waals surface area contributed by atoms with Crippen molar-refractivity contribution in [2.45, 2.75) is 30.2 Å². The maximum atomic E-state index is 5.38. The van der Waals surface area contributed by atoms with E-state index in [0.717, 1.165) is 6.42 Å². The minimum Gasteiger partial charge on any atom is -0.364 e. The Morgan fingerprint density at radius 3 is 2.90 bits per heavy atom. The number of alkyl halides is 1. The van der Waals surface area contributed by atoms with E-state index in [1.54, 1.807) is 0 Å². The Hall–Kier alpha value is 0. The molecule has 1 aliphatic rings. The van der Waals surface area contributed by atoms with Crippen LogP contribution in [-0.2, 0) is 4.74 Å². The molecule has 0 amide bonds. The van der Waals surface area contributed by atoms with Gasteiger partial charge in [-0.3, -0.25) is 0 Å². The van der Waals surface area contributed by atoms with Crippen LogP contribution in [0.15, 0.2) is 0 Å². The van der Waals surface area contributed by atoms with Crippen LogP contribution in [0.1, 0.15) is 19.3 Å². The molecule has 10 heavy (non-hydrogen) atoms. The SMILES string of the molecule is C#CCO[C@H]1CCC[C@H]1Br. The van der Waals surface area contributed by atoms with E-state index in [9.17, 15) is 0 Å². The van der Waals surface area contributed by atoms with Gasteiger partial charge in [0, 0.05) is 4.83 Å². The van der Waals surface area contributed by atoms with Gasteiger partial charge in [-0.15, -0.1) is 6.42 Å². The second kappa shape index (κ2) is 4.00. The third-order valence-electron chi connectivity index (χ3n) is 1.75. The van der Waals surface area contributed by atoms with E-state index >= 15 is 0 Å². The minimum atomic E-state index is 0.357. The topological polar surface area (TPSA) is 9.23 Å². The fraction of sp³-hybridized carbons (Fsp3) is 0.750. The van der Waals surface area contributed by atoms with E-state index in [-0.39, 0.29) is 0 Å². The Morgan fingerprint density at radius 2 is 2.40 bits per heavy atom. The van der Waals surface area contributed by atoms with Gasteiger partial charge in [-0.25, -0.2) is 0 Å². The Bertz CT molecular complexity index is 139. The highest BCUT2D eigenvalue weighted by molar-refractivity contribution is 9.09. The van der Waals surface area contributed by atoms with Crippen LogP contribution in [0.2, 0.25) is 0 Å². The van der Waals surface area contributed by atoms with E-state index in [4.69, 9.17) is 11.2 Å². The van der Waals surface area contributed by atoms with Gasteiger partial charge in [0.1, 0.15) is 6.61 Å². The number of hydrogen-bond donors (Lipinski definition) is 0. The van der Waals surface area contributed by atoms with Crippen molar-refractivity contribution >= 4 is 15.9 Å². The molecule has 1 rings (SSSR count). The molecule has 0 spiro atoms. The predicted molar refractivity (Wildman–Crippen MR) is 45.1 cm³/mol. The first-order chi connectivity index (χ1) is 4.84. The first kappa shape index (κ1) is 8.10. The van der Waals surface area contributed by atoms with Crippen LogP contribution in [0, 0.1) is 12.3 Å². The van der Waals surface area contributed by atoms with E-state index in [1.165, 1.54) is 12.8 Å². The third-order valence-corrected chi connectivity index (χ3v) is 2.80. The summed E-state index contributed by atoms with van der Waals surface area (Å²) in [6, 6.07) is 0. The van der Waals surface area contributed by atoms with Gasteiger partial charge in [0.05, 0.1) is 6.10 Å². The Balaban J connectivity index is 2.21. The van der Waals surface area contributed by atoms with Crippen LogP contribution >= 0.6 is 15.9 Å². The molecule has 1 saturated carbocycles. The maximum Gasteiger partial charge on any atom is 0.107 e. The molecule has 0 unspecified atom stereocenters. The number of halogens is 1. The van der Waals surface area contributed by atoms with E-state index < -0.39 is 0 Å². The molecule has 0 radical (unpaired) electrons. The fourth-order valence-corrected chi connectivity index (χ4v) is 1.96. The van der Waals surface area contributed by atoms with Crippen molar-refractivity contribution in [3.8, 4) is 12.3 Å². The van der Waals surface area contributed by atoms with Crippen LogP contribution < -0.4 is 0 Å².